The van der Waals surface area contributed by atoms with Gasteiger partial charge >= 0.3 is 0 Å². The average molecular weight is 313 g/mol. The van der Waals surface area contributed by atoms with Crippen molar-refractivity contribution in [2.24, 2.45) is 0 Å². The van der Waals surface area contributed by atoms with E-state index in [1.165, 1.54) is 0 Å². The number of anilines is 4. The van der Waals surface area contributed by atoms with E-state index in [1.54, 1.807) is 0 Å². The number of aryl methyl sites for hydroxylation is 1. The lowest BCUT2D eigenvalue weighted by Crippen LogP contribution is -2.10. The standard InChI is InChI=1S/C17H23N5O/c1-4-6-17(23)22-14-9-7-13(8-10-14)21-16-11-15(18-5-2)19-12(3)20-16/h7-11H,4-6H2,1-3H3,(H,22,23)(H2,18,19,20,21). The molecule has 0 saturated carbocycles. The lowest BCUT2D eigenvalue weighted by Gasteiger charge is -2.10. The van der Waals surface area contributed by atoms with Gasteiger partial charge < -0.3 is 16.0 Å². The quantitative estimate of drug-likeness (QED) is 0.726. The van der Waals surface area contributed by atoms with Gasteiger partial charge in [0.25, 0.3) is 0 Å². The molecule has 0 aliphatic rings. The number of rotatable bonds is 7. The minimum atomic E-state index is 0.0370. The predicted octanol–water partition coefficient (Wildman–Crippen LogP) is 3.70. The molecule has 6 nitrogen and oxygen atoms in total. The summed E-state index contributed by atoms with van der Waals surface area (Å²) in [5.41, 5.74) is 1.69. The topological polar surface area (TPSA) is 78.9 Å². The number of aromatic nitrogens is 2. The van der Waals surface area contributed by atoms with E-state index in [9.17, 15) is 4.79 Å². The van der Waals surface area contributed by atoms with Crippen molar-refractivity contribution in [3.8, 4) is 0 Å². The number of hydrogen-bond donors (Lipinski definition) is 3. The van der Waals surface area contributed by atoms with Gasteiger partial charge in [-0.25, -0.2) is 9.97 Å². The van der Waals surface area contributed by atoms with Crippen LogP contribution in [0.5, 0.6) is 0 Å². The molecule has 0 unspecified atom stereocenters. The molecule has 3 N–H and O–H groups in total. The third-order valence-corrected chi connectivity index (χ3v) is 3.11. The molecule has 0 aliphatic heterocycles. The van der Waals surface area contributed by atoms with Crippen molar-refractivity contribution < 1.29 is 4.79 Å². The van der Waals surface area contributed by atoms with Gasteiger partial charge in [0.05, 0.1) is 0 Å². The van der Waals surface area contributed by atoms with Crippen LogP contribution in [0.15, 0.2) is 30.3 Å². The van der Waals surface area contributed by atoms with Crippen molar-refractivity contribution in [1.29, 1.82) is 0 Å². The van der Waals surface area contributed by atoms with Crippen LogP contribution in [0.4, 0.5) is 23.0 Å². The summed E-state index contributed by atoms with van der Waals surface area (Å²) in [5, 5.41) is 9.29. The van der Waals surface area contributed by atoms with Gasteiger partial charge in [-0.15, -0.1) is 0 Å². The largest absolute Gasteiger partial charge is 0.370 e. The van der Waals surface area contributed by atoms with Gasteiger partial charge in [-0.2, -0.15) is 0 Å². The Labute approximate surface area is 136 Å². The molecule has 0 saturated heterocycles. The van der Waals surface area contributed by atoms with Crippen LogP contribution in [0.2, 0.25) is 0 Å². The smallest absolute Gasteiger partial charge is 0.224 e. The molecule has 0 aliphatic carbocycles. The fourth-order valence-corrected chi connectivity index (χ4v) is 2.14. The minimum absolute atomic E-state index is 0.0370. The Morgan fingerprint density at radius 3 is 2.35 bits per heavy atom. The molecule has 2 rings (SSSR count). The van der Waals surface area contributed by atoms with Gasteiger partial charge in [0.15, 0.2) is 0 Å². The van der Waals surface area contributed by atoms with Crippen LogP contribution in [-0.4, -0.2) is 22.4 Å². The molecule has 23 heavy (non-hydrogen) atoms. The van der Waals surface area contributed by atoms with E-state index in [2.05, 4.69) is 25.9 Å². The Hall–Kier alpha value is -2.63. The SMILES string of the molecule is CCCC(=O)Nc1ccc(Nc2cc(NCC)nc(C)n2)cc1. The molecule has 1 heterocycles. The zero-order chi connectivity index (χ0) is 16.7. The molecule has 0 atom stereocenters. The number of benzene rings is 1. The van der Waals surface area contributed by atoms with E-state index >= 15 is 0 Å². The molecule has 2 aromatic rings. The summed E-state index contributed by atoms with van der Waals surface area (Å²) in [6.07, 6.45) is 1.38. The van der Waals surface area contributed by atoms with Crippen molar-refractivity contribution in [3.05, 3.63) is 36.2 Å². The maximum atomic E-state index is 11.6. The minimum Gasteiger partial charge on any atom is -0.370 e. The Morgan fingerprint density at radius 1 is 1.04 bits per heavy atom. The molecule has 6 heteroatoms. The number of amides is 1. The summed E-state index contributed by atoms with van der Waals surface area (Å²) in [7, 11) is 0. The summed E-state index contributed by atoms with van der Waals surface area (Å²) in [4.78, 5) is 20.3. The van der Waals surface area contributed by atoms with E-state index in [0.29, 0.717) is 12.2 Å². The first-order valence-corrected chi connectivity index (χ1v) is 7.87. The van der Waals surface area contributed by atoms with Crippen LogP contribution >= 0.6 is 0 Å². The average Bonchev–Trinajstić information content (AvgIpc) is 2.49. The molecule has 0 bridgehead atoms. The van der Waals surface area contributed by atoms with E-state index in [1.807, 2.05) is 51.1 Å². The highest BCUT2D eigenvalue weighted by Gasteiger charge is 2.03. The van der Waals surface area contributed by atoms with Gasteiger partial charge in [0.1, 0.15) is 17.5 Å². The lowest BCUT2D eigenvalue weighted by molar-refractivity contribution is -0.116. The summed E-state index contributed by atoms with van der Waals surface area (Å²) >= 11 is 0. The van der Waals surface area contributed by atoms with Crippen LogP contribution in [-0.2, 0) is 4.79 Å². The lowest BCUT2D eigenvalue weighted by atomic mass is 10.2. The molecule has 122 valence electrons. The number of nitrogens with one attached hydrogen (secondary N) is 3. The van der Waals surface area contributed by atoms with Gasteiger partial charge in [0.2, 0.25) is 5.91 Å². The monoisotopic (exact) mass is 313 g/mol. The van der Waals surface area contributed by atoms with Crippen LogP contribution < -0.4 is 16.0 Å². The van der Waals surface area contributed by atoms with Gasteiger partial charge in [0, 0.05) is 30.4 Å². The van der Waals surface area contributed by atoms with E-state index < -0.39 is 0 Å². The third-order valence-electron chi connectivity index (χ3n) is 3.11. The Morgan fingerprint density at radius 2 is 1.70 bits per heavy atom. The van der Waals surface area contributed by atoms with Gasteiger partial charge in [-0.05, 0) is 44.5 Å². The highest BCUT2D eigenvalue weighted by molar-refractivity contribution is 5.90. The van der Waals surface area contributed by atoms with Crippen molar-refractivity contribution in [3.63, 3.8) is 0 Å². The van der Waals surface area contributed by atoms with Crippen molar-refractivity contribution in [2.75, 3.05) is 22.5 Å². The third kappa shape index (κ3) is 5.25. The van der Waals surface area contributed by atoms with E-state index in [0.717, 1.165) is 36.0 Å². The Balaban J connectivity index is 2.04. The number of hydrogen-bond acceptors (Lipinski definition) is 5. The second-order valence-electron chi connectivity index (χ2n) is 5.22. The number of carbonyl (C=O) groups is 1. The first-order chi connectivity index (χ1) is 11.1. The number of carbonyl (C=O) groups excluding carboxylic acids is 1. The highest BCUT2D eigenvalue weighted by atomic mass is 16.1. The molecular formula is C17H23N5O. The molecule has 1 amide bonds. The number of nitrogens with zero attached hydrogens (tertiary/aromatic N) is 2. The summed E-state index contributed by atoms with van der Waals surface area (Å²) in [6, 6.07) is 9.43. The van der Waals surface area contributed by atoms with Crippen molar-refractivity contribution >= 4 is 28.9 Å². The molecule has 0 spiro atoms. The Kier molecular flexibility index (Phi) is 5.91. The predicted molar refractivity (Wildman–Crippen MR) is 94.2 cm³/mol. The first kappa shape index (κ1) is 16.7. The zero-order valence-corrected chi connectivity index (χ0v) is 13.8. The first-order valence-electron chi connectivity index (χ1n) is 7.87. The van der Waals surface area contributed by atoms with Crippen molar-refractivity contribution in [1.82, 2.24) is 9.97 Å². The van der Waals surface area contributed by atoms with Crippen LogP contribution in [0.3, 0.4) is 0 Å². The fourth-order valence-electron chi connectivity index (χ4n) is 2.14. The molecule has 1 aromatic carbocycles. The van der Waals surface area contributed by atoms with Crippen molar-refractivity contribution in [2.45, 2.75) is 33.6 Å². The maximum Gasteiger partial charge on any atom is 0.224 e. The van der Waals surface area contributed by atoms with Crippen LogP contribution in [0.25, 0.3) is 0 Å². The summed E-state index contributed by atoms with van der Waals surface area (Å²) in [6.45, 7) is 6.68. The van der Waals surface area contributed by atoms with E-state index in [-0.39, 0.29) is 5.91 Å². The highest BCUT2D eigenvalue weighted by Crippen LogP contribution is 2.19. The van der Waals surface area contributed by atoms with Gasteiger partial charge in [-0.1, -0.05) is 6.92 Å². The van der Waals surface area contributed by atoms with Crippen LogP contribution in [0, 0.1) is 6.92 Å². The fraction of sp³-hybridized carbons (Fsp3) is 0.353. The molecule has 0 radical (unpaired) electrons. The summed E-state index contributed by atoms with van der Waals surface area (Å²) < 4.78 is 0. The maximum absolute atomic E-state index is 11.6. The molecule has 0 fully saturated rings. The van der Waals surface area contributed by atoms with Crippen LogP contribution in [0.1, 0.15) is 32.5 Å². The van der Waals surface area contributed by atoms with Gasteiger partial charge in [-0.3, -0.25) is 4.79 Å². The zero-order valence-electron chi connectivity index (χ0n) is 13.8. The second kappa shape index (κ2) is 8.12. The summed E-state index contributed by atoms with van der Waals surface area (Å²) in [5.74, 6) is 2.27. The van der Waals surface area contributed by atoms with E-state index in [4.69, 9.17) is 0 Å². The molecular weight excluding hydrogens is 290 g/mol. The Bertz CT molecular complexity index is 655. The second-order valence-corrected chi connectivity index (χ2v) is 5.22. The normalized spacial score (nSPS) is 10.2. The molecule has 1 aromatic heterocycles.